The smallest absolute Gasteiger partial charge is 0.482 e. The summed E-state index contributed by atoms with van der Waals surface area (Å²) in [6.45, 7) is 0. The highest BCUT2D eigenvalue weighted by Gasteiger charge is 2.25. The van der Waals surface area contributed by atoms with Crippen molar-refractivity contribution in [1.82, 2.24) is 0 Å². The fourth-order valence-corrected chi connectivity index (χ4v) is 0.816. The maximum atomic E-state index is 12.0. The molecule has 0 heterocycles. The summed E-state index contributed by atoms with van der Waals surface area (Å²) < 4.78 is 12.0. The molecule has 5 heteroatoms. The van der Waals surface area contributed by atoms with Gasteiger partial charge in [0, 0.05) is 11.1 Å². The largest absolute Gasteiger partial charge is 0.507 e. The molecule has 2 aliphatic carbocycles. The average Bonchev–Trinajstić information content (AvgIpc) is 2.46. The summed E-state index contributed by atoms with van der Waals surface area (Å²) in [5.74, 6) is -0.000741. The van der Waals surface area contributed by atoms with Crippen molar-refractivity contribution < 1.29 is 19.5 Å². The van der Waals surface area contributed by atoms with E-state index in [1.54, 1.807) is 0 Å². The van der Waals surface area contributed by atoms with Crippen LogP contribution in [0.3, 0.4) is 0 Å². The number of hydrogen-bond donors (Lipinski definition) is 3. The van der Waals surface area contributed by atoms with Crippen molar-refractivity contribution >= 4 is 7.69 Å². The van der Waals surface area contributed by atoms with E-state index in [0.29, 0.717) is 11.1 Å². The second-order valence-corrected chi connectivity index (χ2v) is 1.96. The Bertz CT molecular complexity index is 254. The molecule has 2 rings (SSSR count). The molecule has 0 aliphatic heterocycles. The van der Waals surface area contributed by atoms with Crippen molar-refractivity contribution in [1.29, 1.82) is 0 Å². The third kappa shape index (κ3) is 1.50. The fourth-order valence-electron chi connectivity index (χ4n) is 0.816. The number of hydrogen-bond acceptors (Lipinski definition) is 3. The topological polar surface area (TPSA) is 60.7 Å². The Balaban J connectivity index is 0.000000179. The van der Waals surface area contributed by atoms with Gasteiger partial charge < -0.3 is 15.2 Å². The Hall–Kier alpha value is -1.07. The van der Waals surface area contributed by atoms with Gasteiger partial charge in [0.15, 0.2) is 0 Å². The molecule has 11 heavy (non-hydrogen) atoms. The zero-order chi connectivity index (χ0) is 8.43. The minimum Gasteiger partial charge on any atom is -0.507 e. The molecule has 0 aromatic rings. The molecule has 0 saturated carbocycles. The summed E-state index contributed by atoms with van der Waals surface area (Å²) in [6.07, 6.45) is 0. The van der Waals surface area contributed by atoms with E-state index in [9.17, 15) is 4.39 Å². The van der Waals surface area contributed by atoms with Crippen molar-refractivity contribution in [3.05, 3.63) is 17.9 Å². The highest BCUT2D eigenvalue weighted by molar-refractivity contribution is 6.13. The van der Waals surface area contributed by atoms with Crippen LogP contribution in [0.2, 0.25) is 0 Å². The third-order valence-corrected chi connectivity index (χ3v) is 1.30. The lowest BCUT2D eigenvalue weighted by molar-refractivity contribution is 0.448. The van der Waals surface area contributed by atoms with Crippen LogP contribution in [0, 0.1) is 5.82 Å². The van der Waals surface area contributed by atoms with E-state index in [0.717, 1.165) is 0 Å². The van der Waals surface area contributed by atoms with Gasteiger partial charge in [0.1, 0.15) is 11.6 Å². The van der Waals surface area contributed by atoms with E-state index >= 15 is 0 Å². The van der Waals surface area contributed by atoms with Gasteiger partial charge in [-0.2, -0.15) is 0 Å². The zero-order valence-corrected chi connectivity index (χ0v) is 5.45. The summed E-state index contributed by atoms with van der Waals surface area (Å²) in [5, 5.41) is 22.7. The molecule has 57 valence electrons. The lowest BCUT2D eigenvalue weighted by atomic mass is 10.5. The van der Waals surface area contributed by atoms with Crippen molar-refractivity contribution in [2.24, 2.45) is 0 Å². The molecule has 0 bridgehead atoms. The van der Waals surface area contributed by atoms with Crippen LogP contribution in [0.25, 0.3) is 11.1 Å². The normalized spacial score (nSPS) is 9.73. The van der Waals surface area contributed by atoms with Crippen LogP contribution in [0.15, 0.2) is 12.1 Å². The maximum Gasteiger partial charge on any atom is 0.482 e. The van der Waals surface area contributed by atoms with Crippen molar-refractivity contribution in [3.63, 3.8) is 0 Å². The van der Waals surface area contributed by atoms with E-state index in [2.05, 4.69) is 0 Å². The molecular formula is C6H5BFO3. The molecule has 3 nitrogen and oxygen atoms in total. The second-order valence-electron chi connectivity index (χ2n) is 1.96. The molecule has 0 aromatic carbocycles. The minimum atomic E-state index is -0.257. The molecule has 0 spiro atoms. The Kier molecular flexibility index (Phi) is 2.12. The SMILES string of the molecule is O[B]O.Oc1c2cc(F)cc1-2. The first-order chi connectivity index (χ1) is 5.20. The zero-order valence-electron chi connectivity index (χ0n) is 5.45. The monoisotopic (exact) mass is 155 g/mol. The van der Waals surface area contributed by atoms with Gasteiger partial charge in [-0.15, -0.1) is 0 Å². The highest BCUT2D eigenvalue weighted by atomic mass is 19.1. The quantitative estimate of drug-likeness (QED) is 0.469. The Morgan fingerprint density at radius 1 is 1.18 bits per heavy atom. The number of fused-ring (bicyclic) bond motifs is 1. The summed E-state index contributed by atoms with van der Waals surface area (Å²) in [5.41, 5.74) is 1.34. The Morgan fingerprint density at radius 3 is 1.82 bits per heavy atom. The van der Waals surface area contributed by atoms with Gasteiger partial charge >= 0.3 is 7.69 Å². The standard InChI is InChI=1S/C6H3FO.BH2O2/c7-3-1-4-5(2-3)6(4)8;2-1-3/h1-2,8H;2-3H. The van der Waals surface area contributed by atoms with Crippen molar-refractivity contribution in [3.8, 4) is 16.9 Å². The van der Waals surface area contributed by atoms with Gasteiger partial charge in [0.25, 0.3) is 0 Å². The number of halogens is 1. The maximum absolute atomic E-state index is 12.0. The van der Waals surface area contributed by atoms with Crippen molar-refractivity contribution in [2.75, 3.05) is 0 Å². The minimum absolute atomic E-state index is 0. The van der Waals surface area contributed by atoms with Crippen LogP contribution in [-0.2, 0) is 0 Å². The van der Waals surface area contributed by atoms with Crippen LogP contribution in [0.4, 0.5) is 4.39 Å². The second kappa shape index (κ2) is 2.90. The molecule has 0 unspecified atom stereocenters. The van der Waals surface area contributed by atoms with E-state index in [-0.39, 0.29) is 19.3 Å². The van der Waals surface area contributed by atoms with Crippen LogP contribution in [-0.4, -0.2) is 22.8 Å². The number of phenolic OH excluding ortho intramolecular Hbond substituents is 1. The lowest BCUT2D eigenvalue weighted by Crippen LogP contribution is -1.75. The Morgan fingerprint density at radius 2 is 1.55 bits per heavy atom. The summed E-state index contributed by atoms with van der Waals surface area (Å²) in [6, 6.07) is 2.65. The first-order valence-corrected chi connectivity index (χ1v) is 2.83. The van der Waals surface area contributed by atoms with E-state index < -0.39 is 0 Å². The average molecular weight is 155 g/mol. The molecular weight excluding hydrogens is 150 g/mol. The van der Waals surface area contributed by atoms with Gasteiger partial charge in [0.05, 0.1) is 0 Å². The van der Waals surface area contributed by atoms with Crippen molar-refractivity contribution in [2.45, 2.75) is 0 Å². The van der Waals surface area contributed by atoms with E-state index in [1.165, 1.54) is 12.1 Å². The van der Waals surface area contributed by atoms with Crippen LogP contribution < -0.4 is 0 Å². The Labute approximate surface area is 63.0 Å². The van der Waals surface area contributed by atoms with E-state index in [1.807, 2.05) is 0 Å². The van der Waals surface area contributed by atoms with Crippen LogP contribution in [0.1, 0.15) is 0 Å². The molecule has 1 radical (unpaired) electrons. The molecule has 0 aromatic heterocycles. The van der Waals surface area contributed by atoms with Crippen LogP contribution in [0.5, 0.6) is 5.75 Å². The summed E-state index contributed by atoms with van der Waals surface area (Å²) in [7, 11) is 0. The predicted octanol–water partition coefficient (Wildman–Crippen LogP) is 0.0169. The highest BCUT2D eigenvalue weighted by Crippen LogP contribution is 2.50. The molecule has 0 atom stereocenters. The third-order valence-electron chi connectivity index (χ3n) is 1.30. The molecule has 3 N–H and O–H groups in total. The summed E-state index contributed by atoms with van der Waals surface area (Å²) >= 11 is 0. The number of benzene rings is 1. The molecule has 0 amide bonds. The fraction of sp³-hybridized carbons (Fsp3) is 0. The molecule has 0 fully saturated rings. The van der Waals surface area contributed by atoms with Gasteiger partial charge in [-0.05, 0) is 12.1 Å². The van der Waals surface area contributed by atoms with E-state index in [4.69, 9.17) is 15.2 Å². The van der Waals surface area contributed by atoms with Crippen LogP contribution >= 0.6 is 0 Å². The van der Waals surface area contributed by atoms with Gasteiger partial charge in [-0.1, -0.05) is 0 Å². The first-order valence-electron chi connectivity index (χ1n) is 2.83. The molecule has 0 saturated heterocycles. The number of aromatic hydroxyl groups is 1. The van der Waals surface area contributed by atoms with Gasteiger partial charge in [0.2, 0.25) is 0 Å². The molecule has 2 aliphatic rings. The van der Waals surface area contributed by atoms with Gasteiger partial charge in [-0.25, -0.2) is 4.39 Å². The van der Waals surface area contributed by atoms with Gasteiger partial charge in [-0.3, -0.25) is 0 Å². The first kappa shape index (κ1) is 8.04. The predicted molar refractivity (Wildman–Crippen MR) is 37.3 cm³/mol. The number of rotatable bonds is 0. The lowest BCUT2D eigenvalue weighted by Gasteiger charge is -1.69. The summed E-state index contributed by atoms with van der Waals surface area (Å²) in [4.78, 5) is 0. The number of phenols is 1.